The number of aliphatic hydroxyl groups is 1. The van der Waals surface area contributed by atoms with Crippen LogP contribution in [0.15, 0.2) is 24.3 Å². The molecule has 0 spiro atoms. The molecule has 1 fully saturated rings. The van der Waals surface area contributed by atoms with Crippen LogP contribution in [-0.2, 0) is 6.54 Å². The van der Waals surface area contributed by atoms with Crippen molar-refractivity contribution in [1.29, 1.82) is 0 Å². The van der Waals surface area contributed by atoms with Crippen LogP contribution in [0.5, 0.6) is 5.75 Å². The van der Waals surface area contributed by atoms with Crippen LogP contribution in [0, 0.1) is 5.92 Å². The number of aromatic nitrogens is 1. The summed E-state index contributed by atoms with van der Waals surface area (Å²) in [6.45, 7) is 1.07. The molecule has 5 rings (SSSR count). The van der Waals surface area contributed by atoms with Crippen molar-refractivity contribution < 1.29 is 14.6 Å². The van der Waals surface area contributed by atoms with Gasteiger partial charge in [0, 0.05) is 36.6 Å². The van der Waals surface area contributed by atoms with Crippen molar-refractivity contribution in [3.8, 4) is 5.75 Å². The van der Waals surface area contributed by atoms with E-state index in [0.717, 1.165) is 46.9 Å². The van der Waals surface area contributed by atoms with E-state index in [1.54, 1.807) is 4.90 Å². The third-order valence-corrected chi connectivity index (χ3v) is 6.20. The highest BCUT2D eigenvalue weighted by atomic mass is 16.5. The quantitative estimate of drug-likeness (QED) is 0.868. The largest absolute Gasteiger partial charge is 0.469 e. The molecule has 0 bridgehead atoms. The van der Waals surface area contributed by atoms with E-state index in [1.807, 2.05) is 25.2 Å². The summed E-state index contributed by atoms with van der Waals surface area (Å²) >= 11 is 0. The lowest BCUT2D eigenvalue weighted by atomic mass is 9.84. The number of nitrogens with one attached hydrogen (secondary N) is 1. The number of fused-ring (bicyclic) bond motifs is 2. The molecule has 1 aromatic heterocycles. The van der Waals surface area contributed by atoms with Crippen molar-refractivity contribution in [3.63, 3.8) is 0 Å². The normalized spacial score (nSPS) is 20.6. The molecule has 142 valence electrons. The highest BCUT2D eigenvalue weighted by Crippen LogP contribution is 2.43. The van der Waals surface area contributed by atoms with Gasteiger partial charge in [-0.05, 0) is 42.5 Å². The molecule has 1 unspecified atom stereocenters. The number of aromatic amines is 1. The van der Waals surface area contributed by atoms with Crippen molar-refractivity contribution in [1.82, 2.24) is 9.88 Å². The Hall–Kier alpha value is -2.47. The maximum absolute atomic E-state index is 12.1. The van der Waals surface area contributed by atoms with E-state index < -0.39 is 6.10 Å². The Kier molecular flexibility index (Phi) is 3.90. The zero-order chi connectivity index (χ0) is 18.5. The molecule has 6 nitrogen and oxygen atoms in total. The highest BCUT2D eigenvalue weighted by Gasteiger charge is 2.31. The number of hydrogen-bond donors (Lipinski definition) is 2. The van der Waals surface area contributed by atoms with E-state index in [0.29, 0.717) is 19.2 Å². The first-order chi connectivity index (χ1) is 13.1. The van der Waals surface area contributed by atoms with Crippen LogP contribution in [-0.4, -0.2) is 34.7 Å². The van der Waals surface area contributed by atoms with Gasteiger partial charge in [-0.25, -0.2) is 0 Å². The lowest BCUT2D eigenvalue weighted by Crippen LogP contribution is -2.19. The average molecular weight is 367 g/mol. The van der Waals surface area contributed by atoms with Crippen LogP contribution in [0.1, 0.15) is 59.8 Å². The summed E-state index contributed by atoms with van der Waals surface area (Å²) in [7, 11) is 1.82. The summed E-state index contributed by atoms with van der Waals surface area (Å²) in [4.78, 5) is 19.3. The second kappa shape index (κ2) is 6.30. The first kappa shape index (κ1) is 16.7. The zero-order valence-electron chi connectivity index (χ0n) is 15.6. The average Bonchev–Trinajstić information content (AvgIpc) is 3.35. The number of rotatable bonds is 3. The third-order valence-electron chi connectivity index (χ3n) is 6.20. The number of ether oxygens (including phenoxy) is 1. The SMILES string of the molecule is CN1Cc2cc(N3COc4cc(C(O)C5CCCCC5)[nH]c43)ccc2C1=O. The van der Waals surface area contributed by atoms with Gasteiger partial charge in [0.1, 0.15) is 0 Å². The Morgan fingerprint density at radius 1 is 1.22 bits per heavy atom. The summed E-state index contributed by atoms with van der Waals surface area (Å²) in [6, 6.07) is 7.87. The van der Waals surface area contributed by atoms with Crippen LogP contribution in [0.3, 0.4) is 0 Å². The predicted molar refractivity (Wildman–Crippen MR) is 102 cm³/mol. The number of aliphatic hydroxyl groups excluding tert-OH is 1. The minimum absolute atomic E-state index is 0.0766. The molecule has 1 aliphatic carbocycles. The molecular formula is C21H25N3O3. The Morgan fingerprint density at radius 2 is 2.04 bits per heavy atom. The van der Waals surface area contributed by atoms with Gasteiger partial charge in [0.25, 0.3) is 5.91 Å². The molecule has 6 heteroatoms. The molecular weight excluding hydrogens is 342 g/mol. The van der Waals surface area contributed by atoms with Gasteiger partial charge in [0.2, 0.25) is 0 Å². The van der Waals surface area contributed by atoms with Crippen molar-refractivity contribution in [2.45, 2.75) is 44.8 Å². The molecule has 0 saturated heterocycles. The molecule has 0 radical (unpaired) electrons. The second-order valence-corrected chi connectivity index (χ2v) is 7.98. The van der Waals surface area contributed by atoms with Crippen LogP contribution in [0.25, 0.3) is 0 Å². The van der Waals surface area contributed by atoms with Gasteiger partial charge < -0.3 is 19.7 Å². The fourth-order valence-electron chi connectivity index (χ4n) is 4.64. The van der Waals surface area contributed by atoms with Gasteiger partial charge >= 0.3 is 0 Å². The van der Waals surface area contributed by atoms with Crippen LogP contribution in [0.2, 0.25) is 0 Å². The molecule has 1 amide bonds. The third kappa shape index (κ3) is 2.70. The van der Waals surface area contributed by atoms with Crippen LogP contribution in [0.4, 0.5) is 11.5 Å². The van der Waals surface area contributed by atoms with Crippen molar-refractivity contribution in [3.05, 3.63) is 41.1 Å². The van der Waals surface area contributed by atoms with E-state index in [2.05, 4.69) is 16.0 Å². The summed E-state index contributed by atoms with van der Waals surface area (Å²) in [6.07, 6.45) is 5.38. The first-order valence-electron chi connectivity index (χ1n) is 9.81. The highest BCUT2D eigenvalue weighted by molar-refractivity contribution is 5.98. The van der Waals surface area contributed by atoms with E-state index in [-0.39, 0.29) is 5.91 Å². The van der Waals surface area contributed by atoms with Crippen molar-refractivity contribution in [2.24, 2.45) is 5.92 Å². The van der Waals surface area contributed by atoms with E-state index in [1.165, 1.54) is 19.3 Å². The molecule has 1 saturated carbocycles. The standard InChI is InChI=1S/C21H25N3O3/c1-23-11-14-9-15(7-8-16(14)21(23)26)24-12-27-18-10-17(22-20(18)24)19(25)13-5-3-2-4-6-13/h7-10,13,19,22,25H,2-6,11-12H2,1H3. The van der Waals surface area contributed by atoms with E-state index >= 15 is 0 Å². The number of nitrogens with zero attached hydrogens (tertiary/aromatic N) is 2. The van der Waals surface area contributed by atoms with Crippen LogP contribution < -0.4 is 9.64 Å². The summed E-state index contributed by atoms with van der Waals surface area (Å²) in [5.41, 5.74) is 3.66. The molecule has 3 heterocycles. The Morgan fingerprint density at radius 3 is 2.85 bits per heavy atom. The number of anilines is 2. The maximum atomic E-state index is 12.1. The molecule has 1 aromatic carbocycles. The Bertz CT molecular complexity index is 885. The Labute approximate surface area is 158 Å². The number of hydrogen-bond acceptors (Lipinski definition) is 4. The fraction of sp³-hybridized carbons (Fsp3) is 0.476. The van der Waals surface area contributed by atoms with E-state index in [4.69, 9.17) is 4.74 Å². The summed E-state index contributed by atoms with van der Waals surface area (Å²) in [5.74, 6) is 2.08. The van der Waals surface area contributed by atoms with Gasteiger partial charge in [-0.2, -0.15) is 0 Å². The van der Waals surface area contributed by atoms with Gasteiger partial charge in [-0.3, -0.25) is 9.69 Å². The fourth-order valence-corrected chi connectivity index (χ4v) is 4.64. The minimum Gasteiger partial charge on any atom is -0.469 e. The second-order valence-electron chi connectivity index (χ2n) is 7.98. The summed E-state index contributed by atoms with van der Waals surface area (Å²) < 4.78 is 5.85. The first-order valence-corrected chi connectivity index (χ1v) is 9.81. The number of carbonyl (C=O) groups excluding carboxylic acids is 1. The number of amides is 1. The monoisotopic (exact) mass is 367 g/mol. The molecule has 3 aliphatic rings. The predicted octanol–water partition coefficient (Wildman–Crippen LogP) is 3.70. The lowest BCUT2D eigenvalue weighted by molar-refractivity contribution is 0.0812. The summed E-state index contributed by atoms with van der Waals surface area (Å²) in [5, 5.41) is 10.8. The molecule has 2 aromatic rings. The zero-order valence-corrected chi connectivity index (χ0v) is 15.6. The van der Waals surface area contributed by atoms with E-state index in [9.17, 15) is 9.90 Å². The Balaban J connectivity index is 1.41. The van der Waals surface area contributed by atoms with Crippen molar-refractivity contribution >= 4 is 17.4 Å². The van der Waals surface area contributed by atoms with Gasteiger partial charge in [-0.1, -0.05) is 19.3 Å². The molecule has 1 atom stereocenters. The maximum Gasteiger partial charge on any atom is 0.254 e. The van der Waals surface area contributed by atoms with Gasteiger partial charge in [-0.15, -0.1) is 0 Å². The molecule has 27 heavy (non-hydrogen) atoms. The molecule has 2 aliphatic heterocycles. The molecule has 2 N–H and O–H groups in total. The number of benzene rings is 1. The van der Waals surface area contributed by atoms with Crippen molar-refractivity contribution in [2.75, 3.05) is 18.7 Å². The smallest absolute Gasteiger partial charge is 0.254 e. The lowest BCUT2D eigenvalue weighted by Gasteiger charge is -2.26. The number of carbonyl (C=O) groups is 1. The number of H-pyrrole nitrogens is 1. The minimum atomic E-state index is -0.465. The van der Waals surface area contributed by atoms with Gasteiger partial charge in [0.15, 0.2) is 18.3 Å². The van der Waals surface area contributed by atoms with Gasteiger partial charge in [0.05, 0.1) is 6.10 Å². The van der Waals surface area contributed by atoms with Crippen LogP contribution >= 0.6 is 0 Å². The topological polar surface area (TPSA) is 68.8 Å².